The summed E-state index contributed by atoms with van der Waals surface area (Å²) in [5, 5.41) is 0. The molecular formula is C17H23NO2. The highest BCUT2D eigenvalue weighted by Gasteiger charge is 2.30. The zero-order chi connectivity index (χ0) is 13.9. The molecule has 0 spiro atoms. The summed E-state index contributed by atoms with van der Waals surface area (Å²) >= 11 is 0. The van der Waals surface area contributed by atoms with Gasteiger partial charge in [-0.25, -0.2) is 0 Å². The molecule has 0 aliphatic carbocycles. The Morgan fingerprint density at radius 3 is 2.95 bits per heavy atom. The third-order valence-electron chi connectivity index (χ3n) is 4.60. The SMILES string of the molecule is Cc1ccccc1[C@@H]1CCN(C(=O)C[C@@H]2CCCO2)C1. The van der Waals surface area contributed by atoms with Gasteiger partial charge < -0.3 is 9.64 Å². The van der Waals surface area contributed by atoms with Crippen LogP contribution in [0, 0.1) is 6.92 Å². The fourth-order valence-corrected chi connectivity index (χ4v) is 3.41. The number of rotatable bonds is 3. The molecule has 2 aliphatic heterocycles. The first kappa shape index (κ1) is 13.6. The third-order valence-corrected chi connectivity index (χ3v) is 4.60. The maximum absolute atomic E-state index is 12.3. The summed E-state index contributed by atoms with van der Waals surface area (Å²) in [7, 11) is 0. The van der Waals surface area contributed by atoms with E-state index in [0.717, 1.165) is 39.0 Å². The summed E-state index contributed by atoms with van der Waals surface area (Å²) in [6, 6.07) is 8.54. The summed E-state index contributed by atoms with van der Waals surface area (Å²) in [6.07, 6.45) is 3.97. The Balaban J connectivity index is 1.59. The number of benzene rings is 1. The Morgan fingerprint density at radius 2 is 2.20 bits per heavy atom. The largest absolute Gasteiger partial charge is 0.378 e. The highest BCUT2D eigenvalue weighted by atomic mass is 16.5. The van der Waals surface area contributed by atoms with Crippen molar-refractivity contribution in [2.24, 2.45) is 0 Å². The van der Waals surface area contributed by atoms with Gasteiger partial charge in [-0.05, 0) is 37.3 Å². The Morgan fingerprint density at radius 1 is 1.35 bits per heavy atom. The first-order valence-electron chi connectivity index (χ1n) is 7.69. The summed E-state index contributed by atoms with van der Waals surface area (Å²) in [6.45, 7) is 4.75. The molecule has 0 saturated carbocycles. The molecule has 0 bridgehead atoms. The lowest BCUT2D eigenvalue weighted by Gasteiger charge is -2.19. The Bertz CT molecular complexity index is 480. The van der Waals surface area contributed by atoms with Crippen molar-refractivity contribution in [2.45, 2.75) is 44.6 Å². The van der Waals surface area contributed by atoms with Crippen molar-refractivity contribution < 1.29 is 9.53 Å². The van der Waals surface area contributed by atoms with Crippen LogP contribution in [-0.2, 0) is 9.53 Å². The molecule has 108 valence electrons. The molecule has 0 N–H and O–H groups in total. The van der Waals surface area contributed by atoms with E-state index in [4.69, 9.17) is 4.74 Å². The highest BCUT2D eigenvalue weighted by Crippen LogP contribution is 2.30. The second kappa shape index (κ2) is 5.96. The Kier molecular flexibility index (Phi) is 4.06. The van der Waals surface area contributed by atoms with E-state index in [1.54, 1.807) is 0 Å². The molecule has 3 heteroatoms. The summed E-state index contributed by atoms with van der Waals surface area (Å²) < 4.78 is 5.57. The fourth-order valence-electron chi connectivity index (χ4n) is 3.41. The lowest BCUT2D eigenvalue weighted by Crippen LogP contribution is -2.31. The molecule has 1 aromatic carbocycles. The van der Waals surface area contributed by atoms with Gasteiger partial charge in [-0.15, -0.1) is 0 Å². The van der Waals surface area contributed by atoms with Crippen molar-refractivity contribution in [2.75, 3.05) is 19.7 Å². The van der Waals surface area contributed by atoms with Crippen molar-refractivity contribution in [3.8, 4) is 0 Å². The van der Waals surface area contributed by atoms with E-state index in [2.05, 4.69) is 31.2 Å². The number of ether oxygens (including phenoxy) is 1. The van der Waals surface area contributed by atoms with Crippen LogP contribution in [0.25, 0.3) is 0 Å². The highest BCUT2D eigenvalue weighted by molar-refractivity contribution is 5.77. The molecule has 0 unspecified atom stereocenters. The lowest BCUT2D eigenvalue weighted by molar-refractivity contribution is -0.132. The zero-order valence-electron chi connectivity index (χ0n) is 12.2. The van der Waals surface area contributed by atoms with Crippen LogP contribution in [0.5, 0.6) is 0 Å². The molecule has 2 heterocycles. The lowest BCUT2D eigenvalue weighted by atomic mass is 9.94. The van der Waals surface area contributed by atoms with Crippen molar-refractivity contribution >= 4 is 5.91 Å². The quantitative estimate of drug-likeness (QED) is 0.847. The molecule has 1 aromatic rings. The standard InChI is InChI=1S/C17H23NO2/c1-13-5-2-3-7-16(13)14-8-9-18(12-14)17(19)11-15-6-4-10-20-15/h2-3,5,7,14-15H,4,6,8-12H2,1H3/t14-,15+/m1/s1. The molecule has 3 rings (SSSR count). The molecule has 2 aliphatic rings. The van der Waals surface area contributed by atoms with Gasteiger partial charge in [0.25, 0.3) is 0 Å². The van der Waals surface area contributed by atoms with E-state index in [1.807, 2.05) is 4.90 Å². The van der Waals surface area contributed by atoms with E-state index in [-0.39, 0.29) is 12.0 Å². The summed E-state index contributed by atoms with van der Waals surface area (Å²) in [5.74, 6) is 0.776. The number of amides is 1. The van der Waals surface area contributed by atoms with Crippen molar-refractivity contribution in [1.29, 1.82) is 0 Å². The van der Waals surface area contributed by atoms with Gasteiger partial charge in [0.2, 0.25) is 5.91 Å². The summed E-state index contributed by atoms with van der Waals surface area (Å²) in [5.41, 5.74) is 2.74. The monoisotopic (exact) mass is 273 g/mol. The van der Waals surface area contributed by atoms with E-state index in [0.29, 0.717) is 12.3 Å². The van der Waals surface area contributed by atoms with Crippen LogP contribution in [0.1, 0.15) is 42.7 Å². The van der Waals surface area contributed by atoms with Gasteiger partial charge in [0.05, 0.1) is 12.5 Å². The minimum atomic E-state index is 0.167. The normalized spacial score (nSPS) is 26.1. The molecular weight excluding hydrogens is 250 g/mol. The Hall–Kier alpha value is -1.35. The smallest absolute Gasteiger partial charge is 0.225 e. The van der Waals surface area contributed by atoms with Crippen LogP contribution in [0.2, 0.25) is 0 Å². The number of carbonyl (C=O) groups excluding carboxylic acids is 1. The predicted octanol–water partition coefficient (Wildman–Crippen LogP) is 2.88. The molecule has 0 aromatic heterocycles. The Labute approximate surface area is 120 Å². The van der Waals surface area contributed by atoms with Crippen LogP contribution < -0.4 is 0 Å². The minimum absolute atomic E-state index is 0.167. The zero-order valence-corrected chi connectivity index (χ0v) is 12.2. The molecule has 1 amide bonds. The van der Waals surface area contributed by atoms with Crippen LogP contribution in [0.4, 0.5) is 0 Å². The average Bonchev–Trinajstić information content (AvgIpc) is 3.10. The molecule has 3 nitrogen and oxygen atoms in total. The number of nitrogens with zero attached hydrogens (tertiary/aromatic N) is 1. The van der Waals surface area contributed by atoms with Gasteiger partial charge in [0, 0.05) is 25.6 Å². The molecule has 2 fully saturated rings. The number of likely N-dealkylation sites (tertiary alicyclic amines) is 1. The second-order valence-corrected chi connectivity index (χ2v) is 6.02. The number of aryl methyl sites for hydroxylation is 1. The third kappa shape index (κ3) is 2.88. The van der Waals surface area contributed by atoms with Gasteiger partial charge in [0.1, 0.15) is 0 Å². The van der Waals surface area contributed by atoms with E-state index < -0.39 is 0 Å². The first-order chi connectivity index (χ1) is 9.74. The molecule has 2 atom stereocenters. The fraction of sp³-hybridized carbons (Fsp3) is 0.588. The van der Waals surface area contributed by atoms with Gasteiger partial charge in [-0.3, -0.25) is 4.79 Å². The molecule has 0 radical (unpaired) electrons. The summed E-state index contributed by atoms with van der Waals surface area (Å²) in [4.78, 5) is 14.3. The molecule has 20 heavy (non-hydrogen) atoms. The van der Waals surface area contributed by atoms with Crippen molar-refractivity contribution in [3.05, 3.63) is 35.4 Å². The molecule has 2 saturated heterocycles. The van der Waals surface area contributed by atoms with Gasteiger partial charge in [-0.2, -0.15) is 0 Å². The van der Waals surface area contributed by atoms with Crippen molar-refractivity contribution in [3.63, 3.8) is 0 Å². The maximum Gasteiger partial charge on any atom is 0.225 e. The first-order valence-corrected chi connectivity index (χ1v) is 7.69. The number of carbonyl (C=O) groups is 1. The number of hydrogen-bond donors (Lipinski definition) is 0. The minimum Gasteiger partial charge on any atom is -0.378 e. The van der Waals surface area contributed by atoms with Crippen molar-refractivity contribution in [1.82, 2.24) is 4.90 Å². The van der Waals surface area contributed by atoms with Crippen LogP contribution in [0.15, 0.2) is 24.3 Å². The van der Waals surface area contributed by atoms with Crippen LogP contribution in [0.3, 0.4) is 0 Å². The van der Waals surface area contributed by atoms with Crippen LogP contribution in [-0.4, -0.2) is 36.6 Å². The number of hydrogen-bond acceptors (Lipinski definition) is 2. The van der Waals surface area contributed by atoms with Crippen LogP contribution >= 0.6 is 0 Å². The van der Waals surface area contributed by atoms with Gasteiger partial charge in [0.15, 0.2) is 0 Å². The van der Waals surface area contributed by atoms with Gasteiger partial charge in [-0.1, -0.05) is 24.3 Å². The predicted molar refractivity (Wildman–Crippen MR) is 78.7 cm³/mol. The van der Waals surface area contributed by atoms with E-state index >= 15 is 0 Å². The van der Waals surface area contributed by atoms with Gasteiger partial charge >= 0.3 is 0 Å². The topological polar surface area (TPSA) is 29.5 Å². The average molecular weight is 273 g/mol. The van der Waals surface area contributed by atoms with E-state index in [9.17, 15) is 4.79 Å². The maximum atomic E-state index is 12.3. The van der Waals surface area contributed by atoms with E-state index in [1.165, 1.54) is 11.1 Å². The second-order valence-electron chi connectivity index (χ2n) is 6.02.